The third-order valence-electron chi connectivity index (χ3n) is 1.96. The zero-order chi connectivity index (χ0) is 8.65. The molecule has 0 heterocycles. The van der Waals surface area contributed by atoms with Gasteiger partial charge in [0, 0.05) is 6.42 Å². The van der Waals surface area contributed by atoms with Crippen molar-refractivity contribution in [2.45, 2.75) is 32.8 Å². The van der Waals surface area contributed by atoms with Crippen molar-refractivity contribution in [1.82, 2.24) is 0 Å². The summed E-state index contributed by atoms with van der Waals surface area (Å²) >= 11 is 0. The Morgan fingerprint density at radius 3 is 2.45 bits per heavy atom. The normalized spacial score (nSPS) is 30.6. The quantitative estimate of drug-likeness (QED) is 0.513. The first-order valence-electron chi connectivity index (χ1n) is 3.67. The molecule has 1 aliphatic rings. The number of aliphatic hydroxyl groups is 1. The SMILES string of the molecule is CC1(C)CC(=O)C(=O)C(O)C1. The van der Waals surface area contributed by atoms with Crippen LogP contribution in [0.1, 0.15) is 26.7 Å². The molecule has 1 saturated carbocycles. The van der Waals surface area contributed by atoms with E-state index in [1.165, 1.54) is 0 Å². The Kier molecular flexibility index (Phi) is 1.84. The van der Waals surface area contributed by atoms with Gasteiger partial charge in [0.05, 0.1) is 0 Å². The van der Waals surface area contributed by atoms with Crippen LogP contribution in [0.25, 0.3) is 0 Å². The molecule has 1 rings (SSSR count). The molecule has 0 aliphatic heterocycles. The van der Waals surface area contributed by atoms with E-state index < -0.39 is 17.7 Å². The summed E-state index contributed by atoms with van der Waals surface area (Å²) in [5.41, 5.74) is -0.218. The van der Waals surface area contributed by atoms with Crippen molar-refractivity contribution in [2.24, 2.45) is 5.41 Å². The standard InChI is InChI=1S/C8H12O3/c1-8(2)3-5(9)7(11)6(10)4-8/h5,9H,3-4H2,1-2H3. The second-order valence-corrected chi connectivity index (χ2v) is 3.85. The van der Waals surface area contributed by atoms with Gasteiger partial charge >= 0.3 is 0 Å². The molecule has 0 aromatic heterocycles. The summed E-state index contributed by atoms with van der Waals surface area (Å²) < 4.78 is 0. The average molecular weight is 156 g/mol. The molecule has 3 heteroatoms. The topological polar surface area (TPSA) is 54.4 Å². The number of ketones is 2. The van der Waals surface area contributed by atoms with Crippen LogP contribution in [0.5, 0.6) is 0 Å². The van der Waals surface area contributed by atoms with E-state index in [9.17, 15) is 9.59 Å². The van der Waals surface area contributed by atoms with Crippen LogP contribution in [0.4, 0.5) is 0 Å². The zero-order valence-corrected chi connectivity index (χ0v) is 6.76. The van der Waals surface area contributed by atoms with Crippen molar-refractivity contribution in [3.8, 4) is 0 Å². The maximum atomic E-state index is 10.9. The Balaban J connectivity index is 2.78. The summed E-state index contributed by atoms with van der Waals surface area (Å²) in [7, 11) is 0. The van der Waals surface area contributed by atoms with Crippen LogP contribution in [0.2, 0.25) is 0 Å². The van der Waals surface area contributed by atoms with Gasteiger partial charge in [0.1, 0.15) is 6.10 Å². The molecular formula is C8H12O3. The van der Waals surface area contributed by atoms with E-state index in [1.807, 2.05) is 13.8 Å². The van der Waals surface area contributed by atoms with Crippen LogP contribution in [0, 0.1) is 5.41 Å². The Hall–Kier alpha value is -0.700. The van der Waals surface area contributed by atoms with Gasteiger partial charge in [-0.2, -0.15) is 0 Å². The van der Waals surface area contributed by atoms with Gasteiger partial charge in [-0.1, -0.05) is 13.8 Å². The highest BCUT2D eigenvalue weighted by Gasteiger charge is 2.38. The Bertz CT molecular complexity index is 205. The molecule has 62 valence electrons. The zero-order valence-electron chi connectivity index (χ0n) is 6.76. The molecule has 1 N–H and O–H groups in total. The minimum absolute atomic E-state index is 0.218. The lowest BCUT2D eigenvalue weighted by molar-refractivity contribution is -0.147. The number of aliphatic hydroxyl groups excluding tert-OH is 1. The molecule has 1 unspecified atom stereocenters. The minimum Gasteiger partial charge on any atom is -0.385 e. The third-order valence-corrected chi connectivity index (χ3v) is 1.96. The van der Waals surface area contributed by atoms with Crippen LogP contribution >= 0.6 is 0 Å². The maximum Gasteiger partial charge on any atom is 0.226 e. The maximum absolute atomic E-state index is 10.9. The number of hydrogen-bond donors (Lipinski definition) is 1. The number of carbonyl (C=O) groups is 2. The van der Waals surface area contributed by atoms with Crippen LogP contribution in [-0.4, -0.2) is 22.8 Å². The van der Waals surface area contributed by atoms with E-state index in [1.54, 1.807) is 0 Å². The highest BCUT2D eigenvalue weighted by molar-refractivity contribution is 6.39. The summed E-state index contributed by atoms with van der Waals surface area (Å²) in [6.07, 6.45) is -0.397. The smallest absolute Gasteiger partial charge is 0.226 e. The van der Waals surface area contributed by atoms with Gasteiger partial charge < -0.3 is 5.11 Å². The molecular weight excluding hydrogens is 144 g/mol. The van der Waals surface area contributed by atoms with Crippen LogP contribution in [0.3, 0.4) is 0 Å². The molecule has 11 heavy (non-hydrogen) atoms. The van der Waals surface area contributed by atoms with Gasteiger partial charge in [-0.15, -0.1) is 0 Å². The van der Waals surface area contributed by atoms with E-state index in [-0.39, 0.29) is 11.8 Å². The minimum atomic E-state index is -1.06. The van der Waals surface area contributed by atoms with Crippen molar-refractivity contribution >= 4 is 11.6 Å². The summed E-state index contributed by atoms with van der Waals surface area (Å²) in [6, 6.07) is 0. The fourth-order valence-electron chi connectivity index (χ4n) is 1.40. The summed E-state index contributed by atoms with van der Waals surface area (Å²) in [5, 5.41) is 9.11. The van der Waals surface area contributed by atoms with Gasteiger partial charge in [0.25, 0.3) is 0 Å². The molecule has 0 radical (unpaired) electrons. The molecule has 0 amide bonds. The Morgan fingerprint density at radius 2 is 2.00 bits per heavy atom. The first-order valence-corrected chi connectivity index (χ1v) is 3.67. The van der Waals surface area contributed by atoms with Crippen molar-refractivity contribution in [3.05, 3.63) is 0 Å². The number of rotatable bonds is 0. The van der Waals surface area contributed by atoms with Crippen molar-refractivity contribution in [1.29, 1.82) is 0 Å². The molecule has 0 saturated heterocycles. The number of Topliss-reactive ketones (excluding diaryl/α,β-unsaturated/α-hetero) is 2. The molecule has 1 aliphatic carbocycles. The molecule has 3 nitrogen and oxygen atoms in total. The van der Waals surface area contributed by atoms with Crippen molar-refractivity contribution in [2.75, 3.05) is 0 Å². The Labute approximate surface area is 65.4 Å². The molecule has 1 atom stereocenters. The van der Waals surface area contributed by atoms with Crippen LogP contribution in [-0.2, 0) is 9.59 Å². The van der Waals surface area contributed by atoms with Gasteiger partial charge in [-0.25, -0.2) is 0 Å². The summed E-state index contributed by atoms with van der Waals surface area (Å²) in [6.45, 7) is 3.75. The number of hydrogen-bond acceptors (Lipinski definition) is 3. The predicted octanol–water partition coefficient (Wildman–Crippen LogP) is 0.305. The monoisotopic (exact) mass is 156 g/mol. The lowest BCUT2D eigenvalue weighted by Crippen LogP contribution is -2.40. The van der Waals surface area contributed by atoms with Crippen molar-refractivity contribution < 1.29 is 14.7 Å². The van der Waals surface area contributed by atoms with Gasteiger partial charge in [-0.05, 0) is 11.8 Å². The largest absolute Gasteiger partial charge is 0.385 e. The van der Waals surface area contributed by atoms with E-state index in [0.717, 1.165) is 0 Å². The van der Waals surface area contributed by atoms with E-state index in [4.69, 9.17) is 5.11 Å². The second-order valence-electron chi connectivity index (χ2n) is 3.85. The predicted molar refractivity (Wildman–Crippen MR) is 39.0 cm³/mol. The number of carbonyl (C=O) groups excluding carboxylic acids is 2. The summed E-state index contributed by atoms with van der Waals surface area (Å²) in [4.78, 5) is 21.7. The van der Waals surface area contributed by atoms with Crippen molar-refractivity contribution in [3.63, 3.8) is 0 Å². The third kappa shape index (κ3) is 1.66. The lowest BCUT2D eigenvalue weighted by Gasteiger charge is -2.30. The first-order chi connectivity index (χ1) is 4.92. The molecule has 0 aromatic carbocycles. The average Bonchev–Trinajstić information content (AvgIpc) is 1.81. The highest BCUT2D eigenvalue weighted by atomic mass is 16.3. The van der Waals surface area contributed by atoms with E-state index in [0.29, 0.717) is 6.42 Å². The van der Waals surface area contributed by atoms with Crippen LogP contribution < -0.4 is 0 Å². The van der Waals surface area contributed by atoms with Gasteiger partial charge in [0.2, 0.25) is 11.6 Å². The lowest BCUT2D eigenvalue weighted by atomic mass is 9.75. The van der Waals surface area contributed by atoms with Crippen LogP contribution in [0.15, 0.2) is 0 Å². The molecule has 1 fully saturated rings. The Morgan fingerprint density at radius 1 is 1.45 bits per heavy atom. The molecule has 0 spiro atoms. The highest BCUT2D eigenvalue weighted by Crippen LogP contribution is 2.31. The van der Waals surface area contributed by atoms with E-state index in [2.05, 4.69) is 0 Å². The second kappa shape index (κ2) is 2.41. The molecule has 0 bridgehead atoms. The molecule has 0 aromatic rings. The van der Waals surface area contributed by atoms with E-state index >= 15 is 0 Å². The first kappa shape index (κ1) is 8.40. The summed E-state index contributed by atoms with van der Waals surface area (Å²) in [5.74, 6) is -1.06. The van der Waals surface area contributed by atoms with Gasteiger partial charge in [0.15, 0.2) is 0 Å². The fraction of sp³-hybridized carbons (Fsp3) is 0.750. The fourth-order valence-corrected chi connectivity index (χ4v) is 1.40. The van der Waals surface area contributed by atoms with Gasteiger partial charge in [-0.3, -0.25) is 9.59 Å².